The normalized spacial score (nSPS) is 11.4. The number of rotatable bonds is 2. The number of amides is 1. The van der Waals surface area contributed by atoms with Gasteiger partial charge in [0.1, 0.15) is 0 Å². The minimum Gasteiger partial charge on any atom is -0.366 e. The molecule has 1 aromatic carbocycles. The molecule has 0 radical (unpaired) electrons. The fourth-order valence-electron chi connectivity index (χ4n) is 1.72. The number of carbonyl (C=O) groups is 1. The third-order valence-electron chi connectivity index (χ3n) is 2.62. The van der Waals surface area contributed by atoms with Gasteiger partial charge >= 0.3 is 6.18 Å². The summed E-state index contributed by atoms with van der Waals surface area (Å²) in [6, 6.07) is 6.54. The van der Waals surface area contributed by atoms with Crippen LogP contribution in [0.2, 0.25) is 0 Å². The topological polar surface area (TPSA) is 56.0 Å². The van der Waals surface area contributed by atoms with Crippen LogP contribution < -0.4 is 5.73 Å². The Balaban J connectivity index is 2.63. The lowest BCUT2D eigenvalue weighted by Crippen LogP contribution is -2.13. The number of nitrogens with two attached hydrogens (primary N) is 1. The molecule has 2 aromatic rings. The zero-order valence-electron chi connectivity index (χ0n) is 9.91. The van der Waals surface area contributed by atoms with E-state index in [4.69, 9.17) is 5.73 Å². The lowest BCUT2D eigenvalue weighted by atomic mass is 10.0. The van der Waals surface area contributed by atoms with Crippen LogP contribution in [0.15, 0.2) is 41.0 Å². The van der Waals surface area contributed by atoms with E-state index >= 15 is 0 Å². The predicted molar refractivity (Wildman–Crippen MR) is 70.9 cm³/mol. The summed E-state index contributed by atoms with van der Waals surface area (Å²) in [4.78, 5) is 15.2. The summed E-state index contributed by atoms with van der Waals surface area (Å²) in [7, 11) is 0. The molecule has 3 nitrogen and oxygen atoms in total. The van der Waals surface area contributed by atoms with Gasteiger partial charge < -0.3 is 5.73 Å². The standard InChI is InChI=1S/C13H8BrF3N2O/c14-10-4-3-7(6-9(10)13(15,16)17)11-8(12(18)20)2-1-5-19-11/h1-6H,(H2,18,20). The number of alkyl halides is 3. The van der Waals surface area contributed by atoms with Gasteiger partial charge in [0.05, 0.1) is 16.8 Å². The van der Waals surface area contributed by atoms with Gasteiger partial charge in [-0.1, -0.05) is 22.0 Å². The molecular weight excluding hydrogens is 337 g/mol. The Morgan fingerprint density at radius 1 is 1.25 bits per heavy atom. The van der Waals surface area contributed by atoms with Gasteiger partial charge in [-0.2, -0.15) is 13.2 Å². The Hall–Kier alpha value is -1.89. The molecule has 1 aromatic heterocycles. The lowest BCUT2D eigenvalue weighted by molar-refractivity contribution is -0.138. The highest BCUT2D eigenvalue weighted by atomic mass is 79.9. The van der Waals surface area contributed by atoms with Gasteiger partial charge in [0, 0.05) is 16.2 Å². The second-order valence-corrected chi connectivity index (χ2v) is 4.81. The largest absolute Gasteiger partial charge is 0.417 e. The molecule has 0 bridgehead atoms. The predicted octanol–water partition coefficient (Wildman–Crippen LogP) is 3.63. The molecule has 0 saturated carbocycles. The number of primary amides is 1. The summed E-state index contributed by atoms with van der Waals surface area (Å²) in [6.45, 7) is 0. The van der Waals surface area contributed by atoms with Crippen molar-refractivity contribution in [2.45, 2.75) is 6.18 Å². The molecule has 104 valence electrons. The molecule has 0 spiro atoms. The van der Waals surface area contributed by atoms with Crippen LogP contribution in [0, 0.1) is 0 Å². The molecule has 7 heteroatoms. The van der Waals surface area contributed by atoms with E-state index in [0.717, 1.165) is 6.07 Å². The van der Waals surface area contributed by atoms with Crippen molar-refractivity contribution in [3.05, 3.63) is 52.1 Å². The Bertz CT molecular complexity index is 671. The number of benzene rings is 1. The van der Waals surface area contributed by atoms with E-state index in [2.05, 4.69) is 20.9 Å². The molecule has 0 atom stereocenters. The Morgan fingerprint density at radius 2 is 1.95 bits per heavy atom. The minimum absolute atomic E-state index is 0.0722. The number of halogens is 4. The number of pyridine rings is 1. The van der Waals surface area contributed by atoms with Crippen LogP contribution in [0.1, 0.15) is 15.9 Å². The van der Waals surface area contributed by atoms with Crippen molar-refractivity contribution in [3.8, 4) is 11.3 Å². The van der Waals surface area contributed by atoms with E-state index in [1.54, 1.807) is 0 Å². The molecular formula is C13H8BrF3N2O. The van der Waals surface area contributed by atoms with E-state index in [0.29, 0.717) is 0 Å². The van der Waals surface area contributed by atoms with Crippen molar-refractivity contribution < 1.29 is 18.0 Å². The maximum atomic E-state index is 12.9. The van der Waals surface area contributed by atoms with Crippen molar-refractivity contribution >= 4 is 21.8 Å². The summed E-state index contributed by atoms with van der Waals surface area (Å²) in [5.74, 6) is -0.746. The van der Waals surface area contributed by atoms with E-state index in [1.165, 1.54) is 30.5 Å². The van der Waals surface area contributed by atoms with Crippen LogP contribution in [-0.2, 0) is 6.18 Å². The van der Waals surface area contributed by atoms with Crippen LogP contribution in [-0.4, -0.2) is 10.9 Å². The Kier molecular flexibility index (Phi) is 3.80. The Labute approximate surface area is 120 Å². The van der Waals surface area contributed by atoms with Gasteiger partial charge in [0.2, 0.25) is 0 Å². The zero-order chi connectivity index (χ0) is 14.9. The van der Waals surface area contributed by atoms with Gasteiger partial charge in [-0.15, -0.1) is 0 Å². The first-order chi connectivity index (χ1) is 9.30. The van der Waals surface area contributed by atoms with Gasteiger partial charge in [-0.05, 0) is 24.3 Å². The average Bonchev–Trinajstić information content (AvgIpc) is 2.38. The second kappa shape index (κ2) is 5.24. The lowest BCUT2D eigenvalue weighted by Gasteiger charge is -2.12. The quantitative estimate of drug-likeness (QED) is 0.904. The van der Waals surface area contributed by atoms with Crippen LogP contribution >= 0.6 is 15.9 Å². The first kappa shape index (κ1) is 14.5. The number of carbonyl (C=O) groups excluding carboxylic acids is 1. The number of aromatic nitrogens is 1. The summed E-state index contributed by atoms with van der Waals surface area (Å²) in [5, 5.41) is 0. The maximum Gasteiger partial charge on any atom is 0.417 e. The van der Waals surface area contributed by atoms with Crippen molar-refractivity contribution in [2.75, 3.05) is 0 Å². The minimum atomic E-state index is -4.50. The average molecular weight is 345 g/mol. The number of hydrogen-bond donors (Lipinski definition) is 1. The van der Waals surface area contributed by atoms with Crippen LogP contribution in [0.25, 0.3) is 11.3 Å². The third kappa shape index (κ3) is 2.82. The molecule has 0 saturated heterocycles. The molecule has 0 aliphatic heterocycles. The van der Waals surface area contributed by atoms with Gasteiger partial charge in [-0.3, -0.25) is 9.78 Å². The summed E-state index contributed by atoms with van der Waals surface area (Å²) >= 11 is 2.85. The highest BCUT2D eigenvalue weighted by molar-refractivity contribution is 9.10. The number of hydrogen-bond acceptors (Lipinski definition) is 2. The fraction of sp³-hybridized carbons (Fsp3) is 0.0769. The summed E-state index contributed by atoms with van der Waals surface area (Å²) in [6.07, 6.45) is -3.12. The molecule has 20 heavy (non-hydrogen) atoms. The van der Waals surface area contributed by atoms with E-state index < -0.39 is 17.6 Å². The molecule has 1 amide bonds. The number of nitrogens with zero attached hydrogens (tertiary/aromatic N) is 1. The maximum absolute atomic E-state index is 12.9. The van der Waals surface area contributed by atoms with Crippen molar-refractivity contribution in [2.24, 2.45) is 5.73 Å². The van der Waals surface area contributed by atoms with Crippen LogP contribution in [0.4, 0.5) is 13.2 Å². The van der Waals surface area contributed by atoms with Crippen molar-refractivity contribution in [1.82, 2.24) is 4.98 Å². The van der Waals surface area contributed by atoms with Gasteiger partial charge in [-0.25, -0.2) is 0 Å². The molecule has 0 aliphatic carbocycles. The van der Waals surface area contributed by atoms with Gasteiger partial charge in [0.25, 0.3) is 5.91 Å². The molecule has 0 aliphatic rings. The molecule has 0 fully saturated rings. The summed E-state index contributed by atoms with van der Waals surface area (Å²) in [5.41, 5.74) is 4.73. The van der Waals surface area contributed by atoms with E-state index in [9.17, 15) is 18.0 Å². The Morgan fingerprint density at radius 3 is 2.55 bits per heavy atom. The molecule has 2 N–H and O–H groups in total. The first-order valence-corrected chi connectivity index (χ1v) is 6.22. The SMILES string of the molecule is NC(=O)c1cccnc1-c1ccc(Br)c(C(F)(F)F)c1. The van der Waals surface area contributed by atoms with Gasteiger partial charge in [0.15, 0.2) is 0 Å². The van der Waals surface area contributed by atoms with Crippen molar-refractivity contribution in [3.63, 3.8) is 0 Å². The summed E-state index contributed by atoms with van der Waals surface area (Å²) < 4.78 is 38.5. The van der Waals surface area contributed by atoms with E-state index in [1.807, 2.05) is 0 Å². The smallest absolute Gasteiger partial charge is 0.366 e. The third-order valence-corrected chi connectivity index (χ3v) is 3.31. The monoisotopic (exact) mass is 344 g/mol. The molecule has 1 heterocycles. The fourth-order valence-corrected chi connectivity index (χ4v) is 2.20. The van der Waals surface area contributed by atoms with Crippen LogP contribution in [0.5, 0.6) is 0 Å². The first-order valence-electron chi connectivity index (χ1n) is 5.42. The highest BCUT2D eigenvalue weighted by Gasteiger charge is 2.33. The van der Waals surface area contributed by atoms with Crippen molar-refractivity contribution in [1.29, 1.82) is 0 Å². The van der Waals surface area contributed by atoms with Crippen LogP contribution in [0.3, 0.4) is 0 Å². The zero-order valence-corrected chi connectivity index (χ0v) is 11.5. The van der Waals surface area contributed by atoms with E-state index in [-0.39, 0.29) is 21.3 Å². The molecule has 0 unspecified atom stereocenters. The molecule has 2 rings (SSSR count). The second-order valence-electron chi connectivity index (χ2n) is 3.96. The highest BCUT2D eigenvalue weighted by Crippen LogP contribution is 2.37.